The number of fused-ring (bicyclic) bond motifs is 1. The van der Waals surface area contributed by atoms with Crippen LogP contribution in [0.4, 0.5) is 4.79 Å². The highest BCUT2D eigenvalue weighted by atomic mass is 16.6. The molecule has 0 unspecified atom stereocenters. The number of likely N-dealkylation sites (tertiary alicyclic amines) is 1. The van der Waals surface area contributed by atoms with Crippen molar-refractivity contribution in [2.45, 2.75) is 39.2 Å². The summed E-state index contributed by atoms with van der Waals surface area (Å²) in [5.41, 5.74) is 1.07. The van der Waals surface area contributed by atoms with Crippen molar-refractivity contribution in [2.24, 2.45) is 5.92 Å². The summed E-state index contributed by atoms with van der Waals surface area (Å²) in [5, 5.41) is 0. The Morgan fingerprint density at radius 1 is 1.29 bits per heavy atom. The molecule has 1 aliphatic heterocycles. The molecule has 130 valence electrons. The highest BCUT2D eigenvalue weighted by Gasteiger charge is 2.27. The maximum absolute atomic E-state index is 12.0. The summed E-state index contributed by atoms with van der Waals surface area (Å²) in [4.78, 5) is 18.1. The van der Waals surface area contributed by atoms with Crippen molar-refractivity contribution in [1.29, 1.82) is 0 Å². The summed E-state index contributed by atoms with van der Waals surface area (Å²) in [7, 11) is 0. The Morgan fingerprint density at radius 3 is 2.67 bits per heavy atom. The van der Waals surface area contributed by atoms with Gasteiger partial charge in [-0.1, -0.05) is 12.1 Å². The summed E-state index contributed by atoms with van der Waals surface area (Å²) in [6.45, 7) is 7.57. The number of hydrogen-bond donors (Lipinski definition) is 0. The first kappa shape index (κ1) is 16.6. The zero-order valence-electron chi connectivity index (χ0n) is 14.4. The number of carbonyl (C=O) groups excluding carboxylic acids is 1. The van der Waals surface area contributed by atoms with E-state index in [1.54, 1.807) is 4.90 Å². The third-order valence-corrected chi connectivity index (χ3v) is 3.98. The molecule has 3 rings (SSSR count). The van der Waals surface area contributed by atoms with E-state index in [0.29, 0.717) is 31.7 Å². The van der Waals surface area contributed by atoms with Gasteiger partial charge in [-0.15, -0.1) is 0 Å². The first-order valence-corrected chi connectivity index (χ1v) is 8.37. The molecule has 0 spiro atoms. The molecule has 0 N–H and O–H groups in total. The Kier molecular flexibility index (Phi) is 4.64. The number of rotatable bonds is 3. The second-order valence-electron chi connectivity index (χ2n) is 7.17. The van der Waals surface area contributed by atoms with Crippen molar-refractivity contribution >= 4 is 17.2 Å². The lowest BCUT2D eigenvalue weighted by Crippen LogP contribution is -2.42. The molecule has 0 radical (unpaired) electrons. The largest absolute Gasteiger partial charge is 0.450 e. The Morgan fingerprint density at radius 2 is 2.00 bits per heavy atom. The van der Waals surface area contributed by atoms with Crippen LogP contribution < -0.4 is 4.74 Å². The fourth-order valence-electron chi connectivity index (χ4n) is 2.71. The maximum Gasteiger partial charge on any atom is 0.410 e. The number of aromatic nitrogens is 1. The molecule has 24 heavy (non-hydrogen) atoms. The highest BCUT2D eigenvalue weighted by Crippen LogP contribution is 2.23. The normalized spacial score (nSPS) is 16.4. The summed E-state index contributed by atoms with van der Waals surface area (Å²) < 4.78 is 16.7. The van der Waals surface area contributed by atoms with Crippen LogP contribution in [0.2, 0.25) is 0 Å². The van der Waals surface area contributed by atoms with Crippen LogP contribution in [-0.2, 0) is 4.74 Å². The van der Waals surface area contributed by atoms with Gasteiger partial charge in [0.25, 0.3) is 0 Å². The molecular formula is C18H24N2O4. The molecule has 2 heterocycles. The lowest BCUT2D eigenvalue weighted by molar-refractivity contribution is 0.0159. The van der Waals surface area contributed by atoms with Crippen LogP contribution in [0.25, 0.3) is 11.1 Å². The van der Waals surface area contributed by atoms with E-state index in [-0.39, 0.29) is 6.09 Å². The number of amides is 1. The number of oxazole rings is 1. The minimum absolute atomic E-state index is 0.235. The van der Waals surface area contributed by atoms with Gasteiger partial charge in [0, 0.05) is 13.1 Å². The Hall–Kier alpha value is -2.24. The molecule has 1 aromatic carbocycles. The van der Waals surface area contributed by atoms with Gasteiger partial charge >= 0.3 is 12.2 Å². The summed E-state index contributed by atoms with van der Waals surface area (Å²) in [6.07, 6.45) is 1.85. The molecule has 1 amide bonds. The lowest BCUT2D eigenvalue weighted by atomic mass is 9.98. The summed E-state index contributed by atoms with van der Waals surface area (Å²) in [6, 6.07) is 7.59. The van der Waals surface area contributed by atoms with Crippen LogP contribution in [0.15, 0.2) is 28.7 Å². The minimum Gasteiger partial charge on any atom is -0.450 e. The number of carbonyl (C=O) groups is 1. The molecule has 6 heteroatoms. The monoisotopic (exact) mass is 332 g/mol. The van der Waals surface area contributed by atoms with Crippen molar-refractivity contribution in [2.75, 3.05) is 19.7 Å². The number of ether oxygens (including phenoxy) is 2. The molecule has 0 bridgehead atoms. The van der Waals surface area contributed by atoms with Crippen LogP contribution in [0, 0.1) is 5.92 Å². The van der Waals surface area contributed by atoms with Crippen molar-refractivity contribution < 1.29 is 18.7 Å². The predicted octanol–water partition coefficient (Wildman–Crippen LogP) is 3.85. The maximum atomic E-state index is 12.0. The van der Waals surface area contributed by atoms with Crippen LogP contribution >= 0.6 is 0 Å². The number of para-hydroxylation sites is 2. The van der Waals surface area contributed by atoms with E-state index >= 15 is 0 Å². The van der Waals surface area contributed by atoms with E-state index in [0.717, 1.165) is 23.9 Å². The number of nitrogens with zero attached hydrogens (tertiary/aromatic N) is 2. The fraction of sp³-hybridized carbons (Fsp3) is 0.556. The molecule has 2 aromatic rings. The highest BCUT2D eigenvalue weighted by molar-refractivity contribution is 5.72. The average Bonchev–Trinajstić information content (AvgIpc) is 2.94. The number of piperidine rings is 1. The zero-order valence-corrected chi connectivity index (χ0v) is 14.4. The van der Waals surface area contributed by atoms with E-state index in [4.69, 9.17) is 13.9 Å². The Bertz CT molecular complexity index is 663. The second kappa shape index (κ2) is 6.71. The van der Waals surface area contributed by atoms with E-state index in [9.17, 15) is 4.79 Å². The van der Waals surface area contributed by atoms with Crippen molar-refractivity contribution in [1.82, 2.24) is 9.88 Å². The third-order valence-electron chi connectivity index (χ3n) is 3.98. The number of benzene rings is 1. The quantitative estimate of drug-likeness (QED) is 0.854. The fourth-order valence-corrected chi connectivity index (χ4v) is 2.71. The summed E-state index contributed by atoms with van der Waals surface area (Å²) >= 11 is 0. The molecule has 0 atom stereocenters. The van der Waals surface area contributed by atoms with E-state index in [1.807, 2.05) is 45.0 Å². The van der Waals surface area contributed by atoms with Gasteiger partial charge < -0.3 is 18.8 Å². The van der Waals surface area contributed by atoms with Crippen molar-refractivity contribution in [3.05, 3.63) is 24.3 Å². The molecule has 6 nitrogen and oxygen atoms in total. The standard InChI is InChI=1S/C18H24N2O4/c1-18(2,3)24-17(21)20-10-8-13(9-11-20)12-22-16-19-14-6-4-5-7-15(14)23-16/h4-7,13H,8-12H2,1-3H3. The number of hydrogen-bond acceptors (Lipinski definition) is 5. The average molecular weight is 332 g/mol. The van der Waals surface area contributed by atoms with Gasteiger partial charge in [0.05, 0.1) is 6.61 Å². The topological polar surface area (TPSA) is 64.8 Å². The Balaban J connectivity index is 1.46. The van der Waals surface area contributed by atoms with Crippen LogP contribution in [0.3, 0.4) is 0 Å². The van der Waals surface area contributed by atoms with Crippen LogP contribution in [0.1, 0.15) is 33.6 Å². The van der Waals surface area contributed by atoms with Gasteiger partial charge in [-0.25, -0.2) is 4.79 Å². The van der Waals surface area contributed by atoms with E-state index < -0.39 is 5.60 Å². The van der Waals surface area contributed by atoms with E-state index in [1.165, 1.54) is 0 Å². The lowest BCUT2D eigenvalue weighted by Gasteiger charge is -2.33. The van der Waals surface area contributed by atoms with Gasteiger partial charge in [-0.3, -0.25) is 0 Å². The molecular weight excluding hydrogens is 308 g/mol. The van der Waals surface area contributed by atoms with Crippen LogP contribution in [0.5, 0.6) is 6.08 Å². The second-order valence-corrected chi connectivity index (χ2v) is 7.17. The van der Waals surface area contributed by atoms with Gasteiger partial charge in [0.1, 0.15) is 11.1 Å². The van der Waals surface area contributed by atoms with Gasteiger partial charge in [-0.2, -0.15) is 4.98 Å². The van der Waals surface area contributed by atoms with Gasteiger partial charge in [0.15, 0.2) is 5.58 Å². The van der Waals surface area contributed by atoms with E-state index in [2.05, 4.69) is 4.98 Å². The van der Waals surface area contributed by atoms with Crippen molar-refractivity contribution in [3.63, 3.8) is 0 Å². The molecule has 1 aliphatic rings. The molecule has 0 aliphatic carbocycles. The Labute approximate surface area is 141 Å². The zero-order chi connectivity index (χ0) is 17.2. The van der Waals surface area contributed by atoms with Gasteiger partial charge in [-0.05, 0) is 51.7 Å². The molecule has 1 saturated heterocycles. The summed E-state index contributed by atoms with van der Waals surface area (Å²) in [5.74, 6) is 0.388. The predicted molar refractivity (Wildman–Crippen MR) is 90.0 cm³/mol. The smallest absolute Gasteiger partial charge is 0.410 e. The molecule has 1 fully saturated rings. The first-order chi connectivity index (χ1) is 11.4. The first-order valence-electron chi connectivity index (χ1n) is 8.37. The van der Waals surface area contributed by atoms with Crippen LogP contribution in [-0.4, -0.2) is 41.3 Å². The molecule has 0 saturated carbocycles. The minimum atomic E-state index is -0.454. The molecule has 1 aromatic heterocycles. The van der Waals surface area contributed by atoms with Gasteiger partial charge in [0.2, 0.25) is 0 Å². The third kappa shape index (κ3) is 4.19. The van der Waals surface area contributed by atoms with Crippen molar-refractivity contribution in [3.8, 4) is 6.08 Å². The SMILES string of the molecule is CC(C)(C)OC(=O)N1CCC(COc2nc3ccccc3o2)CC1.